The molecule has 6 heteroatoms. The SMILES string of the molecule is CCC(CC)Nc1ccc(NS(C)(=O)=O)c(Cl)c1. The average Bonchev–Trinajstić information content (AvgIpc) is 2.28. The zero-order valence-corrected chi connectivity index (χ0v) is 12.4. The van der Waals surface area contributed by atoms with Crippen molar-refractivity contribution >= 4 is 33.0 Å². The molecule has 0 unspecified atom stereocenters. The van der Waals surface area contributed by atoms with Crippen LogP contribution in [0.15, 0.2) is 18.2 Å². The molecule has 2 N–H and O–H groups in total. The van der Waals surface area contributed by atoms with Crippen molar-refractivity contribution in [2.24, 2.45) is 0 Å². The molecule has 0 atom stereocenters. The standard InChI is InChI=1S/C12H19ClN2O2S/c1-4-9(5-2)14-10-6-7-12(11(13)8-10)15-18(3,16)17/h6-9,14-15H,4-5H2,1-3H3. The van der Waals surface area contributed by atoms with Crippen molar-refractivity contribution in [3.8, 4) is 0 Å². The maximum atomic E-state index is 11.1. The molecule has 1 rings (SSSR count). The van der Waals surface area contributed by atoms with E-state index in [4.69, 9.17) is 11.6 Å². The zero-order chi connectivity index (χ0) is 13.8. The van der Waals surface area contributed by atoms with E-state index in [0.29, 0.717) is 16.8 Å². The summed E-state index contributed by atoms with van der Waals surface area (Å²) < 4.78 is 24.6. The van der Waals surface area contributed by atoms with Crippen molar-refractivity contribution in [2.45, 2.75) is 32.7 Å². The van der Waals surface area contributed by atoms with Crippen LogP contribution in [0, 0.1) is 0 Å². The largest absolute Gasteiger partial charge is 0.382 e. The number of halogens is 1. The Morgan fingerprint density at radius 3 is 2.33 bits per heavy atom. The van der Waals surface area contributed by atoms with E-state index in [0.717, 1.165) is 24.8 Å². The van der Waals surface area contributed by atoms with E-state index in [1.165, 1.54) is 0 Å². The zero-order valence-electron chi connectivity index (χ0n) is 10.8. The quantitative estimate of drug-likeness (QED) is 0.845. The number of benzene rings is 1. The fourth-order valence-electron chi connectivity index (χ4n) is 1.62. The normalized spacial score (nSPS) is 11.6. The van der Waals surface area contributed by atoms with Gasteiger partial charge in [0.2, 0.25) is 10.0 Å². The summed E-state index contributed by atoms with van der Waals surface area (Å²) >= 11 is 6.04. The summed E-state index contributed by atoms with van der Waals surface area (Å²) in [5.41, 5.74) is 1.29. The number of hydrogen-bond acceptors (Lipinski definition) is 3. The van der Waals surface area contributed by atoms with Gasteiger partial charge in [-0.15, -0.1) is 0 Å². The van der Waals surface area contributed by atoms with Gasteiger partial charge in [0.25, 0.3) is 0 Å². The van der Waals surface area contributed by atoms with Crippen molar-refractivity contribution < 1.29 is 8.42 Å². The molecule has 0 bridgehead atoms. The fourth-order valence-corrected chi connectivity index (χ4v) is 2.48. The maximum absolute atomic E-state index is 11.1. The number of hydrogen-bond donors (Lipinski definition) is 2. The second-order valence-electron chi connectivity index (χ2n) is 4.23. The Labute approximate surface area is 114 Å². The molecule has 0 radical (unpaired) electrons. The molecule has 0 aliphatic carbocycles. The highest BCUT2D eigenvalue weighted by atomic mass is 35.5. The van der Waals surface area contributed by atoms with Gasteiger partial charge in [0.1, 0.15) is 0 Å². The lowest BCUT2D eigenvalue weighted by Crippen LogP contribution is -2.17. The van der Waals surface area contributed by atoms with E-state index in [2.05, 4.69) is 23.9 Å². The maximum Gasteiger partial charge on any atom is 0.229 e. The van der Waals surface area contributed by atoms with E-state index >= 15 is 0 Å². The van der Waals surface area contributed by atoms with Gasteiger partial charge in [-0.25, -0.2) is 8.42 Å². The monoisotopic (exact) mass is 290 g/mol. The second kappa shape index (κ2) is 6.29. The molecule has 1 aromatic rings. The van der Waals surface area contributed by atoms with Crippen LogP contribution in [-0.4, -0.2) is 20.7 Å². The average molecular weight is 291 g/mol. The Kier molecular flexibility index (Phi) is 5.28. The minimum atomic E-state index is -3.30. The van der Waals surface area contributed by atoms with Gasteiger partial charge in [-0.3, -0.25) is 4.72 Å². The Morgan fingerprint density at radius 2 is 1.89 bits per heavy atom. The third-order valence-corrected chi connectivity index (χ3v) is 3.52. The van der Waals surface area contributed by atoms with Crippen LogP contribution >= 0.6 is 11.6 Å². The summed E-state index contributed by atoms with van der Waals surface area (Å²) in [5, 5.41) is 3.73. The van der Waals surface area contributed by atoms with Gasteiger partial charge in [-0.1, -0.05) is 25.4 Å². The van der Waals surface area contributed by atoms with E-state index in [1.807, 2.05) is 6.07 Å². The van der Waals surface area contributed by atoms with Gasteiger partial charge in [0.05, 0.1) is 17.0 Å². The molecule has 0 heterocycles. The molecule has 18 heavy (non-hydrogen) atoms. The first-order valence-electron chi connectivity index (χ1n) is 5.89. The van der Waals surface area contributed by atoms with Crippen LogP contribution in [0.2, 0.25) is 5.02 Å². The van der Waals surface area contributed by atoms with Crippen LogP contribution in [-0.2, 0) is 10.0 Å². The Hall–Kier alpha value is -0.940. The highest BCUT2D eigenvalue weighted by molar-refractivity contribution is 7.92. The number of nitrogens with one attached hydrogen (secondary N) is 2. The minimum Gasteiger partial charge on any atom is -0.382 e. The van der Waals surface area contributed by atoms with Gasteiger partial charge >= 0.3 is 0 Å². The topological polar surface area (TPSA) is 58.2 Å². The lowest BCUT2D eigenvalue weighted by Gasteiger charge is -2.17. The molecule has 0 aromatic heterocycles. The Morgan fingerprint density at radius 1 is 1.28 bits per heavy atom. The predicted molar refractivity (Wildman–Crippen MR) is 77.9 cm³/mol. The summed E-state index contributed by atoms with van der Waals surface area (Å²) in [5.74, 6) is 0. The summed E-state index contributed by atoms with van der Waals surface area (Å²) in [7, 11) is -3.30. The van der Waals surface area contributed by atoms with Gasteiger partial charge in [-0.2, -0.15) is 0 Å². The van der Waals surface area contributed by atoms with E-state index in [-0.39, 0.29) is 0 Å². The van der Waals surface area contributed by atoms with Crippen LogP contribution in [0.5, 0.6) is 0 Å². The molecule has 0 aliphatic rings. The van der Waals surface area contributed by atoms with Gasteiger partial charge < -0.3 is 5.32 Å². The van der Waals surface area contributed by atoms with Crippen LogP contribution in [0.4, 0.5) is 11.4 Å². The minimum absolute atomic E-state index is 0.386. The van der Waals surface area contributed by atoms with Crippen LogP contribution < -0.4 is 10.0 Å². The Bertz CT molecular complexity index is 499. The molecular weight excluding hydrogens is 272 g/mol. The third kappa shape index (κ3) is 4.74. The molecule has 4 nitrogen and oxygen atoms in total. The van der Waals surface area contributed by atoms with Gasteiger partial charge in [-0.05, 0) is 31.0 Å². The van der Waals surface area contributed by atoms with Crippen molar-refractivity contribution in [3.63, 3.8) is 0 Å². The fraction of sp³-hybridized carbons (Fsp3) is 0.500. The molecule has 0 aliphatic heterocycles. The number of rotatable bonds is 6. The molecular formula is C12H19ClN2O2S. The van der Waals surface area contributed by atoms with Crippen LogP contribution in [0.1, 0.15) is 26.7 Å². The molecule has 0 amide bonds. The summed E-state index contributed by atoms with van der Waals surface area (Å²) in [6, 6.07) is 5.61. The molecule has 102 valence electrons. The Balaban J connectivity index is 2.85. The molecule has 1 aromatic carbocycles. The predicted octanol–water partition coefficient (Wildman–Crippen LogP) is 3.31. The number of sulfonamides is 1. The molecule has 0 fully saturated rings. The van der Waals surface area contributed by atoms with Crippen LogP contribution in [0.3, 0.4) is 0 Å². The third-order valence-electron chi connectivity index (χ3n) is 2.62. The molecule has 0 saturated carbocycles. The van der Waals surface area contributed by atoms with Crippen LogP contribution in [0.25, 0.3) is 0 Å². The second-order valence-corrected chi connectivity index (χ2v) is 6.38. The lowest BCUT2D eigenvalue weighted by atomic mass is 10.1. The van der Waals surface area contributed by atoms with Crippen molar-refractivity contribution in [3.05, 3.63) is 23.2 Å². The summed E-state index contributed by atoms with van der Waals surface area (Å²) in [6.07, 6.45) is 3.15. The smallest absolute Gasteiger partial charge is 0.229 e. The van der Waals surface area contributed by atoms with Crippen molar-refractivity contribution in [2.75, 3.05) is 16.3 Å². The highest BCUT2D eigenvalue weighted by Crippen LogP contribution is 2.26. The van der Waals surface area contributed by atoms with Crippen molar-refractivity contribution in [1.82, 2.24) is 0 Å². The van der Waals surface area contributed by atoms with Gasteiger partial charge in [0, 0.05) is 11.7 Å². The first-order chi connectivity index (χ1) is 8.35. The highest BCUT2D eigenvalue weighted by Gasteiger charge is 2.08. The van der Waals surface area contributed by atoms with Crippen molar-refractivity contribution in [1.29, 1.82) is 0 Å². The lowest BCUT2D eigenvalue weighted by molar-refractivity contribution is 0.607. The first kappa shape index (κ1) is 15.1. The first-order valence-corrected chi connectivity index (χ1v) is 8.16. The van der Waals surface area contributed by atoms with E-state index < -0.39 is 10.0 Å². The number of anilines is 2. The summed E-state index contributed by atoms with van der Waals surface area (Å²) in [6.45, 7) is 4.23. The van der Waals surface area contributed by atoms with E-state index in [9.17, 15) is 8.42 Å². The van der Waals surface area contributed by atoms with E-state index in [1.54, 1.807) is 12.1 Å². The molecule has 0 saturated heterocycles. The molecule has 0 spiro atoms. The van der Waals surface area contributed by atoms with Gasteiger partial charge in [0.15, 0.2) is 0 Å². The summed E-state index contributed by atoms with van der Waals surface area (Å²) in [4.78, 5) is 0.